The third kappa shape index (κ3) is 1.54. The van der Waals surface area contributed by atoms with E-state index >= 15 is 0 Å². The standard InChI is InChI=1S/C14H11FN2O/c1-8-7-9(18)5-6-10(8)13-11-3-2-4-12(15)14(11)17-16-13/h2-7,18H,1H3,(H,16,17). The van der Waals surface area contributed by atoms with Gasteiger partial charge in [0.2, 0.25) is 0 Å². The highest BCUT2D eigenvalue weighted by atomic mass is 19.1. The molecule has 1 heterocycles. The molecule has 0 saturated carbocycles. The second kappa shape index (κ2) is 3.84. The summed E-state index contributed by atoms with van der Waals surface area (Å²) in [6, 6.07) is 9.94. The highest BCUT2D eigenvalue weighted by Gasteiger charge is 2.12. The maximum Gasteiger partial charge on any atom is 0.151 e. The molecule has 0 atom stereocenters. The largest absolute Gasteiger partial charge is 0.508 e. The summed E-state index contributed by atoms with van der Waals surface area (Å²) in [5.41, 5.74) is 2.91. The van der Waals surface area contributed by atoms with E-state index in [0.717, 1.165) is 22.2 Å². The van der Waals surface area contributed by atoms with E-state index in [4.69, 9.17) is 0 Å². The van der Waals surface area contributed by atoms with Gasteiger partial charge < -0.3 is 5.11 Å². The highest BCUT2D eigenvalue weighted by molar-refractivity contribution is 5.93. The summed E-state index contributed by atoms with van der Waals surface area (Å²) in [5.74, 6) is -0.127. The number of hydrogen-bond acceptors (Lipinski definition) is 2. The Kier molecular flexibility index (Phi) is 2.30. The molecule has 0 radical (unpaired) electrons. The molecule has 0 bridgehead atoms. The lowest BCUT2D eigenvalue weighted by Crippen LogP contribution is -1.84. The van der Waals surface area contributed by atoms with E-state index in [1.165, 1.54) is 6.07 Å². The summed E-state index contributed by atoms with van der Waals surface area (Å²) in [4.78, 5) is 0. The first kappa shape index (κ1) is 10.8. The number of rotatable bonds is 1. The Morgan fingerprint density at radius 1 is 1.22 bits per heavy atom. The lowest BCUT2D eigenvalue weighted by molar-refractivity contribution is 0.475. The van der Waals surface area contributed by atoms with Crippen molar-refractivity contribution in [3.05, 3.63) is 47.8 Å². The van der Waals surface area contributed by atoms with Crippen LogP contribution >= 0.6 is 0 Å². The van der Waals surface area contributed by atoms with Crippen LogP contribution in [0.4, 0.5) is 4.39 Å². The number of aromatic nitrogens is 2. The van der Waals surface area contributed by atoms with Crippen molar-refractivity contribution in [2.45, 2.75) is 6.92 Å². The zero-order valence-electron chi connectivity index (χ0n) is 9.74. The molecule has 2 N–H and O–H groups in total. The van der Waals surface area contributed by atoms with Crippen LogP contribution in [0.3, 0.4) is 0 Å². The zero-order chi connectivity index (χ0) is 12.7. The van der Waals surface area contributed by atoms with Gasteiger partial charge in [0, 0.05) is 10.9 Å². The smallest absolute Gasteiger partial charge is 0.151 e. The third-order valence-electron chi connectivity index (χ3n) is 3.01. The normalized spacial score (nSPS) is 11.0. The number of halogens is 1. The van der Waals surface area contributed by atoms with Crippen LogP contribution < -0.4 is 0 Å². The van der Waals surface area contributed by atoms with Crippen LogP contribution in [-0.2, 0) is 0 Å². The number of hydrogen-bond donors (Lipinski definition) is 2. The number of nitrogens with zero attached hydrogens (tertiary/aromatic N) is 1. The molecule has 1 aromatic heterocycles. The van der Waals surface area contributed by atoms with Gasteiger partial charge in [0.15, 0.2) is 5.82 Å². The van der Waals surface area contributed by atoms with Gasteiger partial charge in [-0.05, 0) is 36.8 Å². The van der Waals surface area contributed by atoms with Gasteiger partial charge in [-0.1, -0.05) is 12.1 Å². The Hall–Kier alpha value is -2.36. The second-order valence-electron chi connectivity index (χ2n) is 4.23. The summed E-state index contributed by atoms with van der Waals surface area (Å²) in [6.45, 7) is 1.89. The van der Waals surface area contributed by atoms with Crippen molar-refractivity contribution >= 4 is 10.9 Å². The number of fused-ring (bicyclic) bond motifs is 1. The van der Waals surface area contributed by atoms with Gasteiger partial charge in [-0.25, -0.2) is 4.39 Å². The van der Waals surface area contributed by atoms with Gasteiger partial charge in [0.25, 0.3) is 0 Å². The fourth-order valence-electron chi connectivity index (χ4n) is 2.14. The minimum absolute atomic E-state index is 0.214. The average molecular weight is 242 g/mol. The van der Waals surface area contributed by atoms with Crippen molar-refractivity contribution in [3.8, 4) is 17.0 Å². The third-order valence-corrected chi connectivity index (χ3v) is 3.01. The molecule has 0 aliphatic carbocycles. The number of phenolic OH excluding ortho intramolecular Hbond substituents is 1. The molecule has 2 aromatic carbocycles. The SMILES string of the molecule is Cc1cc(O)ccc1-c1[nH]nc2c(F)cccc12. The molecule has 4 heteroatoms. The minimum Gasteiger partial charge on any atom is -0.508 e. The zero-order valence-corrected chi connectivity index (χ0v) is 9.74. The number of aryl methyl sites for hydroxylation is 1. The molecule has 0 saturated heterocycles. The van der Waals surface area contributed by atoms with Crippen LogP contribution in [0.5, 0.6) is 5.75 Å². The Labute approximate surface area is 103 Å². The number of para-hydroxylation sites is 1. The second-order valence-corrected chi connectivity index (χ2v) is 4.23. The number of benzene rings is 2. The van der Waals surface area contributed by atoms with Crippen LogP contribution in [0.2, 0.25) is 0 Å². The average Bonchev–Trinajstić information content (AvgIpc) is 2.74. The van der Waals surface area contributed by atoms with Crippen LogP contribution in [0.1, 0.15) is 5.56 Å². The number of phenols is 1. The topological polar surface area (TPSA) is 48.9 Å². The Morgan fingerprint density at radius 2 is 2.06 bits per heavy atom. The van der Waals surface area contributed by atoms with Crippen molar-refractivity contribution in [2.24, 2.45) is 0 Å². The Balaban J connectivity index is 2.29. The number of aromatic amines is 1. The van der Waals surface area contributed by atoms with Gasteiger partial charge in [-0.2, -0.15) is 5.10 Å². The van der Waals surface area contributed by atoms with E-state index in [9.17, 15) is 9.50 Å². The maximum atomic E-state index is 13.6. The van der Waals surface area contributed by atoms with Crippen molar-refractivity contribution < 1.29 is 9.50 Å². The molecule has 18 heavy (non-hydrogen) atoms. The summed E-state index contributed by atoms with van der Waals surface area (Å²) >= 11 is 0. The fourth-order valence-corrected chi connectivity index (χ4v) is 2.14. The summed E-state index contributed by atoms with van der Waals surface area (Å²) in [7, 11) is 0. The van der Waals surface area contributed by atoms with Crippen LogP contribution in [-0.4, -0.2) is 15.3 Å². The fraction of sp³-hybridized carbons (Fsp3) is 0.0714. The first-order valence-electron chi connectivity index (χ1n) is 5.59. The molecule has 0 amide bonds. The first-order chi connectivity index (χ1) is 8.66. The quantitative estimate of drug-likeness (QED) is 0.687. The highest BCUT2D eigenvalue weighted by Crippen LogP contribution is 2.31. The molecule has 0 fully saturated rings. The Bertz CT molecular complexity index is 734. The van der Waals surface area contributed by atoms with Crippen LogP contribution in [0, 0.1) is 12.7 Å². The van der Waals surface area contributed by atoms with E-state index in [1.54, 1.807) is 24.3 Å². The molecular weight excluding hydrogens is 231 g/mol. The van der Waals surface area contributed by atoms with E-state index in [-0.39, 0.29) is 11.6 Å². The van der Waals surface area contributed by atoms with Crippen molar-refractivity contribution in [3.63, 3.8) is 0 Å². The van der Waals surface area contributed by atoms with Crippen LogP contribution in [0.25, 0.3) is 22.2 Å². The Morgan fingerprint density at radius 3 is 2.83 bits per heavy atom. The van der Waals surface area contributed by atoms with Gasteiger partial charge in [-0.3, -0.25) is 5.10 Å². The lowest BCUT2D eigenvalue weighted by Gasteiger charge is -2.04. The van der Waals surface area contributed by atoms with E-state index in [0.29, 0.717) is 5.52 Å². The van der Waals surface area contributed by atoms with E-state index in [2.05, 4.69) is 10.2 Å². The number of aromatic hydroxyl groups is 1. The first-order valence-corrected chi connectivity index (χ1v) is 5.59. The molecule has 0 unspecified atom stereocenters. The molecule has 3 rings (SSSR count). The monoisotopic (exact) mass is 242 g/mol. The minimum atomic E-state index is -0.341. The van der Waals surface area contributed by atoms with Crippen LogP contribution in [0.15, 0.2) is 36.4 Å². The molecule has 0 spiro atoms. The summed E-state index contributed by atoms with van der Waals surface area (Å²) in [5, 5.41) is 17.0. The van der Waals surface area contributed by atoms with Crippen molar-refractivity contribution in [1.82, 2.24) is 10.2 Å². The molecule has 3 aromatic rings. The molecule has 0 aliphatic heterocycles. The van der Waals surface area contributed by atoms with Crippen molar-refractivity contribution in [2.75, 3.05) is 0 Å². The van der Waals surface area contributed by atoms with E-state index in [1.807, 2.05) is 13.0 Å². The van der Waals surface area contributed by atoms with Gasteiger partial charge in [0.05, 0.1) is 5.69 Å². The van der Waals surface area contributed by atoms with Crippen molar-refractivity contribution in [1.29, 1.82) is 0 Å². The predicted molar refractivity (Wildman–Crippen MR) is 67.9 cm³/mol. The van der Waals surface area contributed by atoms with Gasteiger partial charge >= 0.3 is 0 Å². The molecular formula is C14H11FN2O. The summed E-state index contributed by atoms with van der Waals surface area (Å²) < 4.78 is 13.6. The molecule has 90 valence electrons. The molecule has 0 aliphatic rings. The number of H-pyrrole nitrogens is 1. The number of nitrogens with one attached hydrogen (secondary N) is 1. The van der Waals surface area contributed by atoms with E-state index < -0.39 is 0 Å². The lowest BCUT2D eigenvalue weighted by atomic mass is 10.0. The predicted octanol–water partition coefficient (Wildman–Crippen LogP) is 3.38. The van der Waals surface area contributed by atoms with Gasteiger partial charge in [0.1, 0.15) is 11.3 Å². The molecule has 3 nitrogen and oxygen atoms in total. The maximum absolute atomic E-state index is 13.6. The van der Waals surface area contributed by atoms with Gasteiger partial charge in [-0.15, -0.1) is 0 Å². The summed E-state index contributed by atoms with van der Waals surface area (Å²) in [6.07, 6.45) is 0.